The van der Waals surface area contributed by atoms with E-state index in [4.69, 9.17) is 0 Å². The number of rotatable bonds is 9. The highest BCUT2D eigenvalue weighted by molar-refractivity contribution is 7.89. The van der Waals surface area contributed by atoms with Gasteiger partial charge in [-0.25, -0.2) is 28.1 Å². The maximum absolute atomic E-state index is 13.2. The number of pyridine rings is 1. The van der Waals surface area contributed by atoms with E-state index in [-0.39, 0.29) is 17.6 Å². The van der Waals surface area contributed by atoms with Crippen LogP contribution in [0.1, 0.15) is 46.1 Å². The predicted octanol–water partition coefficient (Wildman–Crippen LogP) is 4.04. The van der Waals surface area contributed by atoms with Gasteiger partial charge in [-0.2, -0.15) is 23.1 Å². The zero-order valence-electron chi connectivity index (χ0n) is 21.9. The van der Waals surface area contributed by atoms with Crippen molar-refractivity contribution in [3.05, 3.63) is 49.2 Å². The van der Waals surface area contributed by atoms with Gasteiger partial charge in [-0.1, -0.05) is 0 Å². The van der Waals surface area contributed by atoms with E-state index in [0.717, 1.165) is 16.9 Å². The molecule has 40 heavy (non-hydrogen) atoms. The molecule has 15 heteroatoms. The molecule has 4 aromatic rings. The average molecular weight is 574 g/mol. The Morgan fingerprint density at radius 3 is 2.65 bits per heavy atom. The number of alkyl halides is 2. The fourth-order valence-corrected chi connectivity index (χ4v) is 5.17. The van der Waals surface area contributed by atoms with Gasteiger partial charge in [0.25, 0.3) is 10.0 Å². The largest absolute Gasteiger partial charge is 0.390 e. The molecule has 3 N–H and O–H groups in total. The first-order valence-corrected chi connectivity index (χ1v) is 14.3. The van der Waals surface area contributed by atoms with Crippen LogP contribution in [0.3, 0.4) is 0 Å². The molecule has 1 aliphatic carbocycles. The zero-order chi connectivity index (χ0) is 28.5. The summed E-state index contributed by atoms with van der Waals surface area (Å²) in [5.74, 6) is 0.996. The van der Waals surface area contributed by atoms with Crippen molar-refractivity contribution in [3.63, 3.8) is 0 Å². The van der Waals surface area contributed by atoms with Crippen molar-refractivity contribution in [3.8, 4) is 22.6 Å². The van der Waals surface area contributed by atoms with Crippen molar-refractivity contribution in [2.45, 2.75) is 57.7 Å². The first kappa shape index (κ1) is 27.6. The highest BCUT2D eigenvalue weighted by Crippen LogP contribution is 2.34. The molecule has 1 saturated carbocycles. The van der Waals surface area contributed by atoms with E-state index in [0.29, 0.717) is 51.7 Å². The van der Waals surface area contributed by atoms with E-state index >= 15 is 0 Å². The van der Waals surface area contributed by atoms with Crippen LogP contribution in [0.5, 0.6) is 0 Å². The number of nitrogens with zero attached hydrogens (tertiary/aromatic N) is 7. The first-order valence-electron chi connectivity index (χ1n) is 12.7. The Kier molecular flexibility index (Phi) is 7.51. The van der Waals surface area contributed by atoms with Gasteiger partial charge in [-0.3, -0.25) is 0 Å². The van der Waals surface area contributed by atoms with Gasteiger partial charge >= 0.3 is 6.55 Å². The van der Waals surface area contributed by atoms with Gasteiger partial charge < -0.3 is 15.7 Å². The van der Waals surface area contributed by atoms with Crippen LogP contribution < -0.4 is 10.6 Å². The number of aliphatic hydroxyl groups is 1. The Morgan fingerprint density at radius 1 is 1.18 bits per heavy atom. The van der Waals surface area contributed by atoms with Crippen molar-refractivity contribution in [1.29, 1.82) is 0 Å². The number of nitrogens with one attached hydrogen (secondary N) is 2. The Morgan fingerprint density at radius 2 is 1.95 bits per heavy atom. The summed E-state index contributed by atoms with van der Waals surface area (Å²) in [5, 5.41) is 24.8. The molecule has 1 fully saturated rings. The lowest BCUT2D eigenvalue weighted by Gasteiger charge is -2.34. The monoisotopic (exact) mass is 573 g/mol. The van der Waals surface area contributed by atoms with Crippen LogP contribution >= 0.6 is 0 Å². The van der Waals surface area contributed by atoms with Crippen molar-refractivity contribution in [2.24, 2.45) is 0 Å². The molecule has 0 amide bonds. The molecular formula is C25H29F2N9O3S. The van der Waals surface area contributed by atoms with Crippen LogP contribution in [0, 0.1) is 0 Å². The minimum absolute atomic E-state index is 0.0630. The van der Waals surface area contributed by atoms with Crippen molar-refractivity contribution in [2.75, 3.05) is 16.4 Å². The first-order chi connectivity index (χ1) is 19.0. The summed E-state index contributed by atoms with van der Waals surface area (Å²) in [5.41, 5.74) is 1.26. The van der Waals surface area contributed by atoms with E-state index in [9.17, 15) is 22.3 Å². The summed E-state index contributed by atoms with van der Waals surface area (Å²) in [4.78, 5) is 13.1. The van der Waals surface area contributed by atoms with Gasteiger partial charge in [-0.15, -0.1) is 0 Å². The van der Waals surface area contributed by atoms with Crippen LogP contribution in [0.25, 0.3) is 22.6 Å². The summed E-state index contributed by atoms with van der Waals surface area (Å²) in [6.45, 7) is 0.589. The minimum atomic E-state index is -3.54. The molecule has 1 aliphatic rings. The van der Waals surface area contributed by atoms with E-state index in [2.05, 4.69) is 35.8 Å². The quantitative estimate of drug-likeness (QED) is 0.267. The summed E-state index contributed by atoms with van der Waals surface area (Å²) >= 11 is 0. The van der Waals surface area contributed by atoms with Gasteiger partial charge in [0, 0.05) is 41.9 Å². The third kappa shape index (κ3) is 6.09. The maximum Gasteiger partial charge on any atom is 0.333 e. The van der Waals surface area contributed by atoms with Gasteiger partial charge in [0.1, 0.15) is 11.6 Å². The van der Waals surface area contributed by atoms with Crippen molar-refractivity contribution >= 4 is 27.3 Å². The standard InChI is InChI=1S/C25H29F2N9O3S/c1-3-40(38,39)36-15-16(13-30-36)23-28-10-6-21(33-23)32-22-12-20(31-17-4-8-25(2,37)9-5-17)18(14-29-22)19-7-11-35(34-19)24(26)27/h6-7,10-15,17,24,37H,3-5,8-9H2,1-2H3,(H2,28,29,31,32,33). The maximum atomic E-state index is 13.2. The van der Waals surface area contributed by atoms with Crippen molar-refractivity contribution in [1.82, 2.24) is 33.9 Å². The van der Waals surface area contributed by atoms with E-state index < -0.39 is 22.2 Å². The lowest BCUT2D eigenvalue weighted by atomic mass is 9.83. The molecule has 0 saturated heterocycles. The molecule has 0 spiro atoms. The van der Waals surface area contributed by atoms with E-state index in [1.54, 1.807) is 18.3 Å². The molecule has 0 aliphatic heterocycles. The van der Waals surface area contributed by atoms with Crippen LogP contribution in [0.15, 0.2) is 49.2 Å². The van der Waals surface area contributed by atoms with Crippen LogP contribution in [-0.2, 0) is 10.0 Å². The third-order valence-electron chi connectivity index (χ3n) is 6.79. The lowest BCUT2D eigenvalue weighted by molar-refractivity contribution is 0.0196. The summed E-state index contributed by atoms with van der Waals surface area (Å²) < 4.78 is 52.0. The molecule has 0 bridgehead atoms. The second-order valence-corrected chi connectivity index (χ2v) is 12.0. The normalized spacial score (nSPS) is 19.6. The summed E-state index contributed by atoms with van der Waals surface area (Å²) in [6.07, 6.45) is 9.75. The second kappa shape index (κ2) is 10.9. The number of anilines is 3. The molecule has 212 valence electrons. The van der Waals surface area contributed by atoms with Crippen LogP contribution in [0.4, 0.5) is 26.1 Å². The predicted molar refractivity (Wildman–Crippen MR) is 145 cm³/mol. The lowest BCUT2D eigenvalue weighted by Crippen LogP contribution is -2.35. The Labute approximate surface area is 229 Å². The number of halogens is 2. The van der Waals surface area contributed by atoms with Gasteiger partial charge in [-0.05, 0) is 51.7 Å². The molecule has 0 atom stereocenters. The molecule has 5 rings (SSSR count). The summed E-state index contributed by atoms with van der Waals surface area (Å²) in [6, 6.07) is 4.94. The van der Waals surface area contributed by atoms with E-state index in [1.807, 2.05) is 6.92 Å². The fourth-order valence-electron chi connectivity index (χ4n) is 4.44. The number of aromatic nitrogens is 7. The number of hydrogen-bond donors (Lipinski definition) is 3. The zero-order valence-corrected chi connectivity index (χ0v) is 22.7. The molecule has 0 unspecified atom stereocenters. The van der Waals surface area contributed by atoms with E-state index in [1.165, 1.54) is 37.8 Å². The summed E-state index contributed by atoms with van der Waals surface area (Å²) in [7, 11) is -3.54. The highest BCUT2D eigenvalue weighted by atomic mass is 32.2. The van der Waals surface area contributed by atoms with Gasteiger partial charge in [0.15, 0.2) is 5.82 Å². The molecule has 4 heterocycles. The average Bonchev–Trinajstić information content (AvgIpc) is 3.62. The molecule has 4 aromatic heterocycles. The highest BCUT2D eigenvalue weighted by Gasteiger charge is 2.29. The Balaban J connectivity index is 1.42. The Bertz CT molecular complexity index is 1590. The minimum Gasteiger partial charge on any atom is -0.390 e. The second-order valence-electron chi connectivity index (χ2n) is 9.88. The molecule has 12 nitrogen and oxygen atoms in total. The van der Waals surface area contributed by atoms with Crippen LogP contribution in [-0.4, -0.2) is 64.8 Å². The number of hydrogen-bond acceptors (Lipinski definition) is 10. The van der Waals surface area contributed by atoms with Crippen LogP contribution in [0.2, 0.25) is 0 Å². The Hall–Kier alpha value is -3.98. The SMILES string of the molecule is CCS(=O)(=O)n1cc(-c2nccc(Nc3cc(NC4CCC(C)(O)CC4)c(-c4ccn(C(F)F)n4)cn3)n2)cn1. The van der Waals surface area contributed by atoms with Gasteiger partial charge in [0.05, 0.1) is 35.0 Å². The molecular weight excluding hydrogens is 544 g/mol. The fraction of sp³-hybridized carbons (Fsp3) is 0.400. The van der Waals surface area contributed by atoms with Gasteiger partial charge in [0.2, 0.25) is 0 Å². The molecule has 0 aromatic carbocycles. The molecule has 0 radical (unpaired) electrons. The smallest absolute Gasteiger partial charge is 0.333 e. The van der Waals surface area contributed by atoms with Crippen molar-refractivity contribution < 1.29 is 22.3 Å². The third-order valence-corrected chi connectivity index (χ3v) is 8.29. The topological polar surface area (TPSA) is 153 Å².